The largest absolute Gasteiger partial charge is 0.360 e. The molecule has 2 aliphatic heterocycles. The molecule has 1 amide bonds. The Labute approximate surface area is 156 Å². The van der Waals surface area contributed by atoms with Crippen LogP contribution >= 0.6 is 11.8 Å². The Morgan fingerprint density at radius 3 is 2.72 bits per heavy atom. The summed E-state index contributed by atoms with van der Waals surface area (Å²) in [6, 6.07) is 8.46. The molecule has 1 aromatic carbocycles. The third-order valence-electron chi connectivity index (χ3n) is 5.16. The van der Waals surface area contributed by atoms with Crippen molar-refractivity contribution in [2.24, 2.45) is 0 Å². The highest BCUT2D eigenvalue weighted by atomic mass is 32.2. The predicted molar refractivity (Wildman–Crippen MR) is 107 cm³/mol. The van der Waals surface area contributed by atoms with Crippen molar-refractivity contribution < 1.29 is 4.79 Å². The zero-order valence-electron chi connectivity index (χ0n) is 15.4. The molecule has 2 heterocycles. The van der Waals surface area contributed by atoms with E-state index in [1.807, 2.05) is 11.8 Å². The highest BCUT2D eigenvalue weighted by molar-refractivity contribution is 8.00. The van der Waals surface area contributed by atoms with Crippen LogP contribution in [0.1, 0.15) is 39.0 Å². The average Bonchev–Trinajstić information content (AvgIpc) is 2.90. The standard InChI is InChI=1S/C20H31N3OS/c1-2-17-15-23(18-9-5-6-10-19(18)25-17)16-20(24)21-11-14-22-12-7-3-4-8-13-22/h5-6,9-10,17H,2-4,7-8,11-16H2,1H3,(H,21,24)/t17-/m0/s1. The van der Waals surface area contributed by atoms with Gasteiger partial charge >= 0.3 is 0 Å². The molecule has 138 valence electrons. The van der Waals surface area contributed by atoms with Gasteiger partial charge < -0.3 is 15.1 Å². The second kappa shape index (κ2) is 9.48. The quantitative estimate of drug-likeness (QED) is 0.843. The van der Waals surface area contributed by atoms with Crippen LogP contribution in [0.25, 0.3) is 0 Å². The first-order chi connectivity index (χ1) is 12.3. The van der Waals surface area contributed by atoms with Gasteiger partial charge in [0.05, 0.1) is 12.2 Å². The summed E-state index contributed by atoms with van der Waals surface area (Å²) in [6.07, 6.45) is 6.44. The minimum absolute atomic E-state index is 0.145. The van der Waals surface area contributed by atoms with Crippen molar-refractivity contribution in [2.75, 3.05) is 44.2 Å². The molecule has 1 N–H and O–H groups in total. The van der Waals surface area contributed by atoms with Gasteiger partial charge in [0, 0.05) is 29.8 Å². The molecule has 1 saturated heterocycles. The van der Waals surface area contributed by atoms with Crippen LogP contribution in [0.5, 0.6) is 0 Å². The van der Waals surface area contributed by atoms with Crippen molar-refractivity contribution in [3.05, 3.63) is 24.3 Å². The first kappa shape index (κ1) is 18.6. The first-order valence-corrected chi connectivity index (χ1v) is 10.6. The number of nitrogens with zero attached hydrogens (tertiary/aromatic N) is 2. The first-order valence-electron chi connectivity index (χ1n) is 9.76. The fourth-order valence-corrected chi connectivity index (χ4v) is 4.94. The maximum Gasteiger partial charge on any atom is 0.239 e. The molecular weight excluding hydrogens is 330 g/mol. The molecule has 0 radical (unpaired) electrons. The normalized spacial score (nSPS) is 21.5. The average molecular weight is 362 g/mol. The summed E-state index contributed by atoms with van der Waals surface area (Å²) < 4.78 is 0. The van der Waals surface area contributed by atoms with Gasteiger partial charge in [0.25, 0.3) is 0 Å². The Balaban J connectivity index is 1.48. The second-order valence-corrected chi connectivity index (χ2v) is 8.44. The van der Waals surface area contributed by atoms with E-state index in [2.05, 4.69) is 46.3 Å². The van der Waals surface area contributed by atoms with E-state index >= 15 is 0 Å². The summed E-state index contributed by atoms with van der Waals surface area (Å²) in [7, 11) is 0. The van der Waals surface area contributed by atoms with Gasteiger partial charge in [0.2, 0.25) is 5.91 Å². The topological polar surface area (TPSA) is 35.6 Å². The summed E-state index contributed by atoms with van der Waals surface area (Å²) in [5, 5.41) is 3.70. The molecule has 0 aliphatic carbocycles. The van der Waals surface area contributed by atoms with Crippen LogP contribution in [-0.4, -0.2) is 55.3 Å². The number of para-hydroxylation sites is 1. The van der Waals surface area contributed by atoms with Crippen molar-refractivity contribution in [2.45, 2.75) is 49.2 Å². The number of thioether (sulfide) groups is 1. The highest BCUT2D eigenvalue weighted by Crippen LogP contribution is 2.39. The zero-order valence-corrected chi connectivity index (χ0v) is 16.2. The van der Waals surface area contributed by atoms with Crippen molar-refractivity contribution in [3.8, 4) is 0 Å². The van der Waals surface area contributed by atoms with Crippen molar-refractivity contribution in [3.63, 3.8) is 0 Å². The van der Waals surface area contributed by atoms with Crippen LogP contribution in [0.3, 0.4) is 0 Å². The monoisotopic (exact) mass is 361 g/mol. The van der Waals surface area contributed by atoms with Gasteiger partial charge in [-0.25, -0.2) is 0 Å². The maximum atomic E-state index is 12.4. The van der Waals surface area contributed by atoms with Gasteiger partial charge in [-0.15, -0.1) is 11.8 Å². The lowest BCUT2D eigenvalue weighted by molar-refractivity contribution is -0.119. The Hall–Kier alpha value is -1.20. The molecule has 2 aliphatic rings. The number of carbonyl (C=O) groups excluding carboxylic acids is 1. The fourth-order valence-electron chi connectivity index (χ4n) is 3.68. The Morgan fingerprint density at radius 2 is 1.96 bits per heavy atom. The number of amides is 1. The van der Waals surface area contributed by atoms with Crippen LogP contribution in [0.15, 0.2) is 29.2 Å². The van der Waals surface area contributed by atoms with Gasteiger partial charge in [-0.05, 0) is 44.5 Å². The van der Waals surface area contributed by atoms with E-state index in [-0.39, 0.29) is 5.91 Å². The summed E-state index contributed by atoms with van der Waals surface area (Å²) >= 11 is 1.95. The molecular formula is C20H31N3OS. The minimum Gasteiger partial charge on any atom is -0.360 e. The molecule has 4 nitrogen and oxygen atoms in total. The van der Waals surface area contributed by atoms with E-state index in [9.17, 15) is 4.79 Å². The number of carbonyl (C=O) groups is 1. The molecule has 1 aromatic rings. The lowest BCUT2D eigenvalue weighted by Crippen LogP contribution is -2.44. The molecule has 3 rings (SSSR count). The van der Waals surface area contributed by atoms with Crippen LogP contribution in [0.4, 0.5) is 5.69 Å². The summed E-state index contributed by atoms with van der Waals surface area (Å²) in [5.74, 6) is 0.145. The molecule has 0 unspecified atom stereocenters. The maximum absolute atomic E-state index is 12.4. The number of anilines is 1. The number of rotatable bonds is 6. The van der Waals surface area contributed by atoms with Crippen LogP contribution in [0, 0.1) is 0 Å². The fraction of sp³-hybridized carbons (Fsp3) is 0.650. The molecule has 0 aromatic heterocycles. The van der Waals surface area contributed by atoms with Crippen LogP contribution in [0.2, 0.25) is 0 Å². The lowest BCUT2D eigenvalue weighted by Gasteiger charge is -2.34. The number of hydrogen-bond donors (Lipinski definition) is 1. The third-order valence-corrected chi connectivity index (χ3v) is 6.58. The van der Waals surface area contributed by atoms with E-state index in [4.69, 9.17) is 0 Å². The Bertz CT molecular complexity index is 558. The van der Waals surface area contributed by atoms with Gasteiger partial charge in [-0.3, -0.25) is 4.79 Å². The molecule has 1 atom stereocenters. The number of hydrogen-bond acceptors (Lipinski definition) is 4. The molecule has 1 fully saturated rings. The SMILES string of the molecule is CC[C@H]1CN(CC(=O)NCCN2CCCCCC2)c2ccccc2S1. The second-order valence-electron chi connectivity index (χ2n) is 7.10. The summed E-state index contributed by atoms with van der Waals surface area (Å²) in [4.78, 5) is 18.5. The van der Waals surface area contributed by atoms with Gasteiger partial charge in [-0.2, -0.15) is 0 Å². The van der Waals surface area contributed by atoms with E-state index in [1.165, 1.54) is 49.4 Å². The molecule has 25 heavy (non-hydrogen) atoms. The molecule has 0 saturated carbocycles. The van der Waals surface area contributed by atoms with Crippen molar-refractivity contribution >= 4 is 23.4 Å². The van der Waals surface area contributed by atoms with Gasteiger partial charge in [-0.1, -0.05) is 31.9 Å². The molecule has 0 spiro atoms. The van der Waals surface area contributed by atoms with Gasteiger partial charge in [0.1, 0.15) is 0 Å². The van der Waals surface area contributed by atoms with Crippen LogP contribution < -0.4 is 10.2 Å². The third kappa shape index (κ3) is 5.38. The minimum atomic E-state index is 0.145. The van der Waals surface area contributed by atoms with Crippen molar-refractivity contribution in [1.29, 1.82) is 0 Å². The van der Waals surface area contributed by atoms with Crippen LogP contribution in [-0.2, 0) is 4.79 Å². The highest BCUT2D eigenvalue weighted by Gasteiger charge is 2.25. The smallest absolute Gasteiger partial charge is 0.239 e. The van der Waals surface area contributed by atoms with E-state index in [0.717, 1.165) is 26.1 Å². The van der Waals surface area contributed by atoms with E-state index in [1.54, 1.807) is 0 Å². The summed E-state index contributed by atoms with van der Waals surface area (Å²) in [6.45, 7) is 7.77. The Kier molecular flexibility index (Phi) is 7.05. The Morgan fingerprint density at radius 1 is 1.20 bits per heavy atom. The number of benzene rings is 1. The number of nitrogens with one attached hydrogen (secondary N) is 1. The number of fused-ring (bicyclic) bond motifs is 1. The summed E-state index contributed by atoms with van der Waals surface area (Å²) in [5.41, 5.74) is 1.21. The van der Waals surface area contributed by atoms with E-state index in [0.29, 0.717) is 11.8 Å². The number of likely N-dealkylation sites (tertiary alicyclic amines) is 1. The predicted octanol–water partition coefficient (Wildman–Crippen LogP) is 3.37. The zero-order chi connectivity index (χ0) is 17.5. The van der Waals surface area contributed by atoms with Gasteiger partial charge in [0.15, 0.2) is 0 Å². The lowest BCUT2D eigenvalue weighted by atomic mass is 10.2. The van der Waals surface area contributed by atoms with E-state index < -0.39 is 0 Å². The molecule has 5 heteroatoms. The molecule has 0 bridgehead atoms. The van der Waals surface area contributed by atoms with Crippen molar-refractivity contribution in [1.82, 2.24) is 10.2 Å².